The molecule has 0 bridgehead atoms. The summed E-state index contributed by atoms with van der Waals surface area (Å²) in [6, 6.07) is 6.77. The van der Waals surface area contributed by atoms with Crippen LogP contribution in [-0.2, 0) is 5.92 Å². The number of benzene rings is 1. The van der Waals surface area contributed by atoms with Gasteiger partial charge in [-0.2, -0.15) is 8.78 Å². The van der Waals surface area contributed by atoms with E-state index in [1.54, 1.807) is 24.3 Å². The molecule has 1 heterocycles. The minimum atomic E-state index is -3.17. The van der Waals surface area contributed by atoms with E-state index in [0.29, 0.717) is 28.8 Å². The Hall–Kier alpha value is -1.78. The molecule has 2 aliphatic rings. The first kappa shape index (κ1) is 15.7. The summed E-state index contributed by atoms with van der Waals surface area (Å²) < 4.78 is 29.0. The third kappa shape index (κ3) is 2.74. The quantitative estimate of drug-likeness (QED) is 0.857. The Kier molecular flexibility index (Phi) is 3.70. The fourth-order valence-electron chi connectivity index (χ4n) is 4.50. The van der Waals surface area contributed by atoms with Crippen LogP contribution in [0.2, 0.25) is 0 Å². The van der Waals surface area contributed by atoms with Crippen LogP contribution in [0.15, 0.2) is 29.1 Å². The third-order valence-corrected chi connectivity index (χ3v) is 5.95. The highest BCUT2D eigenvalue weighted by atomic mass is 19.3. The number of nitrogens with one attached hydrogen (secondary N) is 1. The van der Waals surface area contributed by atoms with E-state index in [1.165, 1.54) is 32.1 Å². The lowest BCUT2D eigenvalue weighted by atomic mass is 9.98. The van der Waals surface area contributed by atoms with Crippen molar-refractivity contribution in [3.8, 4) is 0 Å². The molecule has 2 aliphatic carbocycles. The Morgan fingerprint density at radius 1 is 1.25 bits per heavy atom. The van der Waals surface area contributed by atoms with Gasteiger partial charge in [0.05, 0.1) is 11.0 Å². The molecule has 4 rings (SSSR count). The van der Waals surface area contributed by atoms with E-state index in [4.69, 9.17) is 0 Å². The molecule has 2 saturated carbocycles. The van der Waals surface area contributed by atoms with Crippen LogP contribution < -0.4 is 5.56 Å². The molecule has 128 valence electrons. The first-order valence-corrected chi connectivity index (χ1v) is 8.88. The normalized spacial score (nSPS) is 22.3. The predicted molar refractivity (Wildman–Crippen MR) is 89.1 cm³/mol. The zero-order valence-corrected chi connectivity index (χ0v) is 13.7. The molecule has 1 unspecified atom stereocenters. The van der Waals surface area contributed by atoms with E-state index >= 15 is 0 Å². The van der Waals surface area contributed by atoms with Crippen molar-refractivity contribution >= 4 is 11.0 Å². The lowest BCUT2D eigenvalue weighted by Gasteiger charge is -2.16. The van der Waals surface area contributed by atoms with Gasteiger partial charge in [0.25, 0.3) is 11.5 Å². The maximum atomic E-state index is 14.5. The molecule has 3 nitrogen and oxygen atoms in total. The van der Waals surface area contributed by atoms with E-state index in [2.05, 4.69) is 9.97 Å². The SMILES string of the molecule is O=c1[nH]c2ccccc2nc1C(F)(F)CCCC1CC12CCCC2. The number of rotatable bonds is 5. The van der Waals surface area contributed by atoms with Gasteiger partial charge >= 0.3 is 0 Å². The minimum absolute atomic E-state index is 0.298. The summed E-state index contributed by atoms with van der Waals surface area (Å²) in [7, 11) is 0. The lowest BCUT2D eigenvalue weighted by Crippen LogP contribution is -2.27. The molecule has 2 aromatic rings. The van der Waals surface area contributed by atoms with E-state index in [-0.39, 0.29) is 6.42 Å². The third-order valence-electron chi connectivity index (χ3n) is 5.95. The Morgan fingerprint density at radius 2 is 2.00 bits per heavy atom. The number of aromatic amines is 1. The zero-order chi connectivity index (χ0) is 16.8. The first-order chi connectivity index (χ1) is 11.5. The Labute approximate surface area is 139 Å². The number of hydrogen-bond acceptors (Lipinski definition) is 2. The van der Waals surface area contributed by atoms with Gasteiger partial charge in [-0.15, -0.1) is 0 Å². The molecule has 0 radical (unpaired) electrons. The minimum Gasteiger partial charge on any atom is -0.319 e. The molecule has 0 saturated heterocycles. The fourth-order valence-corrected chi connectivity index (χ4v) is 4.50. The topological polar surface area (TPSA) is 45.8 Å². The second-order valence-corrected chi connectivity index (χ2v) is 7.50. The second kappa shape index (κ2) is 5.64. The van der Waals surface area contributed by atoms with Gasteiger partial charge in [0, 0.05) is 6.42 Å². The Balaban J connectivity index is 1.44. The van der Waals surface area contributed by atoms with Gasteiger partial charge in [-0.05, 0) is 55.6 Å². The van der Waals surface area contributed by atoms with Crippen molar-refractivity contribution in [1.29, 1.82) is 0 Å². The molecule has 1 N–H and O–H groups in total. The molecule has 0 aliphatic heterocycles. The van der Waals surface area contributed by atoms with E-state index in [9.17, 15) is 13.6 Å². The summed E-state index contributed by atoms with van der Waals surface area (Å²) in [4.78, 5) is 18.4. The van der Waals surface area contributed by atoms with Gasteiger partial charge in [-0.25, -0.2) is 4.98 Å². The molecule has 1 spiro atoms. The summed E-state index contributed by atoms with van der Waals surface area (Å²) in [5.74, 6) is -2.55. The van der Waals surface area contributed by atoms with Gasteiger partial charge in [0.15, 0.2) is 5.69 Å². The van der Waals surface area contributed by atoms with E-state index in [1.807, 2.05) is 0 Å². The molecule has 1 aromatic heterocycles. The number of halogens is 2. The summed E-state index contributed by atoms with van der Waals surface area (Å²) in [5.41, 5.74) is -0.0411. The van der Waals surface area contributed by atoms with E-state index in [0.717, 1.165) is 6.42 Å². The van der Waals surface area contributed by atoms with Crippen LogP contribution in [0.25, 0.3) is 11.0 Å². The van der Waals surface area contributed by atoms with Crippen LogP contribution in [0.1, 0.15) is 57.1 Å². The van der Waals surface area contributed by atoms with E-state index < -0.39 is 17.2 Å². The van der Waals surface area contributed by atoms with Crippen molar-refractivity contribution in [2.45, 2.75) is 57.3 Å². The van der Waals surface area contributed by atoms with Crippen LogP contribution in [0.4, 0.5) is 8.78 Å². The summed E-state index contributed by atoms with van der Waals surface area (Å²) in [6.45, 7) is 0. The van der Waals surface area contributed by atoms with Gasteiger partial charge in [0.1, 0.15) is 0 Å². The molecule has 1 aromatic carbocycles. The molecule has 0 amide bonds. The zero-order valence-electron chi connectivity index (χ0n) is 13.7. The van der Waals surface area contributed by atoms with Crippen molar-refractivity contribution in [1.82, 2.24) is 9.97 Å². The second-order valence-electron chi connectivity index (χ2n) is 7.50. The van der Waals surface area contributed by atoms with Crippen molar-refractivity contribution in [3.05, 3.63) is 40.3 Å². The molecular formula is C19H22F2N2O. The highest BCUT2D eigenvalue weighted by Crippen LogP contribution is 2.64. The maximum absolute atomic E-state index is 14.5. The highest BCUT2D eigenvalue weighted by molar-refractivity contribution is 5.73. The van der Waals surface area contributed by atoms with Crippen LogP contribution >= 0.6 is 0 Å². The van der Waals surface area contributed by atoms with Crippen molar-refractivity contribution in [3.63, 3.8) is 0 Å². The largest absolute Gasteiger partial charge is 0.319 e. The number of alkyl halides is 2. The molecule has 2 fully saturated rings. The summed E-state index contributed by atoms with van der Waals surface area (Å²) in [5, 5.41) is 0. The van der Waals surface area contributed by atoms with Crippen LogP contribution in [-0.4, -0.2) is 9.97 Å². The number of para-hydroxylation sites is 2. The van der Waals surface area contributed by atoms with Crippen LogP contribution in [0.5, 0.6) is 0 Å². The Morgan fingerprint density at radius 3 is 2.79 bits per heavy atom. The van der Waals surface area contributed by atoms with Gasteiger partial charge < -0.3 is 4.98 Å². The predicted octanol–water partition coefficient (Wildman–Crippen LogP) is 4.77. The monoisotopic (exact) mass is 332 g/mol. The average Bonchev–Trinajstić information content (AvgIpc) is 3.00. The number of aromatic nitrogens is 2. The number of nitrogens with zero attached hydrogens (tertiary/aromatic N) is 1. The molecule has 24 heavy (non-hydrogen) atoms. The lowest BCUT2D eigenvalue weighted by molar-refractivity contribution is -0.0217. The maximum Gasteiger partial charge on any atom is 0.295 e. The smallest absolute Gasteiger partial charge is 0.295 e. The summed E-state index contributed by atoms with van der Waals surface area (Å²) >= 11 is 0. The summed E-state index contributed by atoms with van der Waals surface area (Å²) in [6.07, 6.45) is 7.36. The van der Waals surface area contributed by atoms with Crippen molar-refractivity contribution in [2.75, 3.05) is 0 Å². The standard InChI is InChI=1S/C19H22F2N2O/c20-19(21,11-5-6-13-12-18(13)9-3-4-10-18)16-17(24)23-15-8-2-1-7-14(15)22-16/h1-2,7-8,13H,3-6,9-12H2,(H,23,24). The van der Waals surface area contributed by atoms with Crippen LogP contribution in [0, 0.1) is 11.3 Å². The van der Waals surface area contributed by atoms with Gasteiger partial charge in [-0.1, -0.05) is 25.0 Å². The fraction of sp³-hybridized carbons (Fsp3) is 0.579. The highest BCUT2D eigenvalue weighted by Gasteiger charge is 2.54. The molecule has 5 heteroatoms. The number of H-pyrrole nitrogens is 1. The van der Waals surface area contributed by atoms with Gasteiger partial charge in [-0.3, -0.25) is 4.79 Å². The number of hydrogen-bond donors (Lipinski definition) is 1. The van der Waals surface area contributed by atoms with Crippen molar-refractivity contribution in [2.24, 2.45) is 11.3 Å². The van der Waals surface area contributed by atoms with Gasteiger partial charge in [0.2, 0.25) is 0 Å². The first-order valence-electron chi connectivity index (χ1n) is 8.88. The molecule has 1 atom stereocenters. The number of fused-ring (bicyclic) bond motifs is 1. The van der Waals surface area contributed by atoms with Crippen molar-refractivity contribution < 1.29 is 8.78 Å². The molecular weight excluding hydrogens is 310 g/mol. The Bertz CT molecular complexity index is 808. The average molecular weight is 332 g/mol. The van der Waals surface area contributed by atoms with Crippen LogP contribution in [0.3, 0.4) is 0 Å².